The van der Waals surface area contributed by atoms with Gasteiger partial charge in [0.2, 0.25) is 5.95 Å². The van der Waals surface area contributed by atoms with Gasteiger partial charge in [0.05, 0.1) is 5.56 Å². The molecule has 1 fully saturated rings. The molecule has 0 radical (unpaired) electrons. The second kappa shape index (κ2) is 5.18. The van der Waals surface area contributed by atoms with E-state index in [4.69, 9.17) is 4.42 Å². The molecule has 1 saturated heterocycles. The molecule has 2 aromatic rings. The molecule has 2 unspecified atom stereocenters. The normalized spacial score (nSPS) is 22.8. The molecule has 0 aromatic carbocycles. The third-order valence-electron chi connectivity index (χ3n) is 4.11. The molecule has 3 heterocycles. The average Bonchev–Trinajstić information content (AvgIpc) is 2.95. The molecule has 0 aliphatic carbocycles. The van der Waals surface area contributed by atoms with Crippen LogP contribution >= 0.6 is 0 Å². The van der Waals surface area contributed by atoms with Gasteiger partial charge in [-0.15, -0.1) is 5.10 Å². The molecule has 1 aliphatic rings. The van der Waals surface area contributed by atoms with Crippen LogP contribution in [-0.4, -0.2) is 40.4 Å². The van der Waals surface area contributed by atoms with Crippen molar-refractivity contribution >= 4 is 5.95 Å². The summed E-state index contributed by atoms with van der Waals surface area (Å²) in [4.78, 5) is 6.91. The maximum Gasteiger partial charge on any atom is 0.245 e. The Morgan fingerprint density at radius 2 is 1.76 bits per heavy atom. The number of nitrogens with zero attached hydrogens (tertiary/aromatic N) is 3. The fraction of sp³-hybridized carbons (Fsp3) is 0.600. The fourth-order valence-electron chi connectivity index (χ4n) is 3.14. The van der Waals surface area contributed by atoms with Gasteiger partial charge in [-0.05, 0) is 34.6 Å². The van der Waals surface area contributed by atoms with Crippen LogP contribution in [0.4, 0.5) is 5.95 Å². The zero-order valence-electron chi connectivity index (χ0n) is 13.3. The lowest BCUT2D eigenvalue weighted by Crippen LogP contribution is -2.54. The summed E-state index contributed by atoms with van der Waals surface area (Å²) in [5.41, 5.74) is 2.15. The first-order chi connectivity index (χ1) is 9.95. The van der Waals surface area contributed by atoms with Crippen molar-refractivity contribution in [1.29, 1.82) is 0 Å². The molecule has 21 heavy (non-hydrogen) atoms. The number of nitrogens with one attached hydrogen (secondary N) is 2. The van der Waals surface area contributed by atoms with Gasteiger partial charge in [-0.1, -0.05) is 0 Å². The summed E-state index contributed by atoms with van der Waals surface area (Å²) in [7, 11) is 0. The Labute approximate surface area is 124 Å². The zero-order valence-corrected chi connectivity index (χ0v) is 13.3. The largest absolute Gasteiger partial charge is 0.466 e. The Balaban J connectivity index is 1.90. The number of anilines is 1. The van der Waals surface area contributed by atoms with E-state index in [9.17, 15) is 0 Å². The van der Waals surface area contributed by atoms with Gasteiger partial charge in [0.1, 0.15) is 11.5 Å². The molecule has 2 atom stereocenters. The van der Waals surface area contributed by atoms with Crippen LogP contribution in [0.5, 0.6) is 0 Å². The summed E-state index contributed by atoms with van der Waals surface area (Å²) in [6, 6.07) is 0.880. The second-order valence-corrected chi connectivity index (χ2v) is 6.07. The van der Waals surface area contributed by atoms with Gasteiger partial charge >= 0.3 is 0 Å². The number of aromatic nitrogens is 3. The van der Waals surface area contributed by atoms with Crippen LogP contribution in [0.1, 0.15) is 30.9 Å². The molecular weight excluding hydrogens is 266 g/mol. The van der Waals surface area contributed by atoms with Crippen LogP contribution in [-0.2, 0) is 0 Å². The molecule has 6 nitrogen and oxygen atoms in total. The number of hydrogen-bond acceptors (Lipinski definition) is 5. The van der Waals surface area contributed by atoms with Gasteiger partial charge in [-0.25, -0.2) is 0 Å². The molecule has 3 rings (SSSR count). The maximum absolute atomic E-state index is 5.68. The van der Waals surface area contributed by atoms with Crippen molar-refractivity contribution in [1.82, 2.24) is 20.5 Å². The summed E-state index contributed by atoms with van der Waals surface area (Å²) in [6.45, 7) is 12.2. The Bertz CT molecular complexity index is 635. The minimum Gasteiger partial charge on any atom is -0.466 e. The summed E-state index contributed by atoms with van der Waals surface area (Å²) >= 11 is 0. The number of aryl methyl sites for hydroxylation is 2. The summed E-state index contributed by atoms with van der Waals surface area (Å²) in [5.74, 6) is 3.37. The molecular formula is C15H23N5O. The quantitative estimate of drug-likeness (QED) is 0.886. The van der Waals surface area contributed by atoms with Gasteiger partial charge < -0.3 is 14.6 Å². The maximum atomic E-state index is 5.68. The van der Waals surface area contributed by atoms with Crippen LogP contribution < -0.4 is 10.2 Å². The average molecular weight is 289 g/mol. The smallest absolute Gasteiger partial charge is 0.245 e. The molecule has 114 valence electrons. The van der Waals surface area contributed by atoms with E-state index in [2.05, 4.69) is 46.2 Å². The van der Waals surface area contributed by atoms with Gasteiger partial charge in [-0.3, -0.25) is 5.10 Å². The molecule has 0 bridgehead atoms. The summed E-state index contributed by atoms with van der Waals surface area (Å²) < 4.78 is 5.68. The molecule has 0 spiro atoms. The predicted octanol–water partition coefficient (Wildman–Crippen LogP) is 2.18. The van der Waals surface area contributed by atoms with Crippen LogP contribution in [0.2, 0.25) is 0 Å². The Kier molecular flexibility index (Phi) is 3.49. The third kappa shape index (κ3) is 2.55. The highest BCUT2D eigenvalue weighted by atomic mass is 16.3. The number of furan rings is 1. The SMILES string of the molecule is Cc1oc(C)c(-c2nc(N3CC(C)NC(C)C3)n[nH]2)c1C. The highest BCUT2D eigenvalue weighted by Gasteiger charge is 2.25. The Morgan fingerprint density at radius 1 is 1.10 bits per heavy atom. The van der Waals surface area contributed by atoms with Gasteiger partial charge in [-0.2, -0.15) is 4.98 Å². The Hall–Kier alpha value is -1.82. The number of piperazine rings is 1. The van der Waals surface area contributed by atoms with E-state index in [1.54, 1.807) is 0 Å². The molecule has 1 aliphatic heterocycles. The van der Waals surface area contributed by atoms with E-state index >= 15 is 0 Å². The van der Waals surface area contributed by atoms with Crippen molar-refractivity contribution in [2.24, 2.45) is 0 Å². The van der Waals surface area contributed by atoms with Crippen molar-refractivity contribution in [2.75, 3.05) is 18.0 Å². The van der Waals surface area contributed by atoms with E-state index in [0.717, 1.165) is 47.5 Å². The fourth-order valence-corrected chi connectivity index (χ4v) is 3.14. The molecule has 2 aromatic heterocycles. The van der Waals surface area contributed by atoms with E-state index in [-0.39, 0.29) is 0 Å². The first-order valence-electron chi connectivity index (χ1n) is 7.46. The second-order valence-electron chi connectivity index (χ2n) is 6.07. The monoisotopic (exact) mass is 289 g/mol. The lowest BCUT2D eigenvalue weighted by molar-refractivity contribution is 0.403. The van der Waals surface area contributed by atoms with Crippen LogP contribution in [0.25, 0.3) is 11.4 Å². The van der Waals surface area contributed by atoms with E-state index in [1.165, 1.54) is 0 Å². The van der Waals surface area contributed by atoms with Crippen molar-refractivity contribution < 1.29 is 4.42 Å². The van der Waals surface area contributed by atoms with Gasteiger partial charge in [0.25, 0.3) is 0 Å². The minimum atomic E-state index is 0.440. The number of hydrogen-bond donors (Lipinski definition) is 2. The van der Waals surface area contributed by atoms with Crippen molar-refractivity contribution in [3.8, 4) is 11.4 Å². The molecule has 6 heteroatoms. The standard InChI is InChI=1S/C15H23N5O/c1-8-6-20(7-9(2)16-8)15-17-14(18-19-15)13-10(3)11(4)21-12(13)5/h8-9,16H,6-7H2,1-5H3,(H,17,18,19). The van der Waals surface area contributed by atoms with E-state index in [1.807, 2.05) is 13.8 Å². The molecule has 0 amide bonds. The van der Waals surface area contributed by atoms with Crippen molar-refractivity contribution in [3.63, 3.8) is 0 Å². The van der Waals surface area contributed by atoms with E-state index < -0.39 is 0 Å². The van der Waals surface area contributed by atoms with Crippen molar-refractivity contribution in [3.05, 3.63) is 17.1 Å². The number of rotatable bonds is 2. The number of H-pyrrole nitrogens is 1. The Morgan fingerprint density at radius 3 is 2.33 bits per heavy atom. The number of aromatic amines is 1. The van der Waals surface area contributed by atoms with Crippen LogP contribution in [0.3, 0.4) is 0 Å². The molecule has 0 saturated carbocycles. The topological polar surface area (TPSA) is 70.0 Å². The first-order valence-corrected chi connectivity index (χ1v) is 7.46. The zero-order chi connectivity index (χ0) is 15.1. The van der Waals surface area contributed by atoms with Crippen molar-refractivity contribution in [2.45, 2.75) is 46.7 Å². The van der Waals surface area contributed by atoms with E-state index in [0.29, 0.717) is 12.1 Å². The highest BCUT2D eigenvalue weighted by Crippen LogP contribution is 2.30. The lowest BCUT2D eigenvalue weighted by atomic mass is 10.1. The minimum absolute atomic E-state index is 0.440. The van der Waals surface area contributed by atoms with Crippen LogP contribution in [0, 0.1) is 20.8 Å². The highest BCUT2D eigenvalue weighted by molar-refractivity contribution is 5.64. The third-order valence-corrected chi connectivity index (χ3v) is 4.11. The van der Waals surface area contributed by atoms with Gasteiger partial charge in [0.15, 0.2) is 5.82 Å². The van der Waals surface area contributed by atoms with Crippen LogP contribution in [0.15, 0.2) is 4.42 Å². The summed E-state index contributed by atoms with van der Waals surface area (Å²) in [5, 5.41) is 11.0. The first kappa shape index (κ1) is 14.1. The summed E-state index contributed by atoms with van der Waals surface area (Å²) in [6.07, 6.45) is 0. The predicted molar refractivity (Wildman–Crippen MR) is 82.6 cm³/mol. The van der Waals surface area contributed by atoms with Gasteiger partial charge in [0, 0.05) is 30.7 Å². The lowest BCUT2D eigenvalue weighted by Gasteiger charge is -2.35. The molecule has 2 N–H and O–H groups in total.